The summed E-state index contributed by atoms with van der Waals surface area (Å²) in [5, 5.41) is 3.45. The Morgan fingerprint density at radius 2 is 2.06 bits per heavy atom. The molecule has 0 aliphatic carbocycles. The van der Waals surface area contributed by atoms with Crippen molar-refractivity contribution in [2.24, 2.45) is 0 Å². The summed E-state index contributed by atoms with van der Waals surface area (Å²) in [6.07, 6.45) is 1.90. The summed E-state index contributed by atoms with van der Waals surface area (Å²) in [6, 6.07) is 8.70. The van der Waals surface area contributed by atoms with E-state index in [1.54, 1.807) is 0 Å². The molecule has 0 saturated carbocycles. The van der Waals surface area contributed by atoms with Crippen LogP contribution in [0.15, 0.2) is 36.9 Å². The summed E-state index contributed by atoms with van der Waals surface area (Å²) in [7, 11) is 0. The normalized spacial score (nSPS) is 14.2. The fraction of sp³-hybridized carbons (Fsp3) is 0.429. The first kappa shape index (κ1) is 12.8. The third kappa shape index (κ3) is 3.38. The van der Waals surface area contributed by atoms with Gasteiger partial charge < -0.3 is 10.1 Å². The molecule has 2 heteroatoms. The predicted molar refractivity (Wildman–Crippen MR) is 68.8 cm³/mol. The lowest BCUT2D eigenvalue weighted by molar-refractivity contribution is 0.332. The number of para-hydroxylation sites is 1. The van der Waals surface area contributed by atoms with Gasteiger partial charge in [0.25, 0.3) is 0 Å². The van der Waals surface area contributed by atoms with Crippen molar-refractivity contribution >= 4 is 0 Å². The maximum absolute atomic E-state index is 5.61. The van der Waals surface area contributed by atoms with Crippen LogP contribution in [0.3, 0.4) is 0 Å². The van der Waals surface area contributed by atoms with E-state index >= 15 is 0 Å². The Kier molecular flexibility index (Phi) is 5.06. The average molecular weight is 219 g/mol. The second kappa shape index (κ2) is 6.33. The highest BCUT2D eigenvalue weighted by molar-refractivity contribution is 5.35. The highest BCUT2D eigenvalue weighted by Crippen LogP contribution is 2.25. The van der Waals surface area contributed by atoms with Crippen molar-refractivity contribution in [1.29, 1.82) is 0 Å². The second-order valence-electron chi connectivity index (χ2n) is 3.88. The monoisotopic (exact) mass is 219 g/mol. The van der Waals surface area contributed by atoms with Crippen molar-refractivity contribution in [3.63, 3.8) is 0 Å². The van der Waals surface area contributed by atoms with E-state index in [2.05, 4.69) is 31.8 Å². The molecule has 88 valence electrons. The molecule has 0 aliphatic rings. The molecule has 0 saturated heterocycles. The molecule has 2 unspecified atom stereocenters. The van der Waals surface area contributed by atoms with E-state index in [0.717, 1.165) is 5.75 Å². The zero-order valence-electron chi connectivity index (χ0n) is 10.4. The first-order valence-electron chi connectivity index (χ1n) is 5.79. The lowest BCUT2D eigenvalue weighted by Gasteiger charge is -2.20. The molecule has 0 radical (unpaired) electrons. The third-order valence-corrected chi connectivity index (χ3v) is 2.55. The highest BCUT2D eigenvalue weighted by Gasteiger charge is 2.11. The maximum atomic E-state index is 5.61. The van der Waals surface area contributed by atoms with Crippen LogP contribution in [0.2, 0.25) is 0 Å². The topological polar surface area (TPSA) is 21.3 Å². The number of ether oxygens (including phenoxy) is 1. The molecule has 2 nitrogen and oxygen atoms in total. The minimum atomic E-state index is 0.260. The van der Waals surface area contributed by atoms with Crippen LogP contribution >= 0.6 is 0 Å². The molecule has 0 aromatic heterocycles. The molecular formula is C14H21NO. The van der Waals surface area contributed by atoms with E-state index in [4.69, 9.17) is 4.74 Å². The SMILES string of the molecule is C=CC(C)NC(C)c1ccccc1OCC. The van der Waals surface area contributed by atoms with Crippen LogP contribution in [0.25, 0.3) is 0 Å². The number of hydrogen-bond donors (Lipinski definition) is 1. The maximum Gasteiger partial charge on any atom is 0.124 e. The summed E-state index contributed by atoms with van der Waals surface area (Å²) in [6.45, 7) is 10.7. The van der Waals surface area contributed by atoms with Gasteiger partial charge in [-0.3, -0.25) is 0 Å². The molecule has 1 rings (SSSR count). The van der Waals surface area contributed by atoms with E-state index < -0.39 is 0 Å². The zero-order chi connectivity index (χ0) is 12.0. The summed E-state index contributed by atoms with van der Waals surface area (Å²) < 4.78 is 5.61. The fourth-order valence-corrected chi connectivity index (χ4v) is 1.68. The quantitative estimate of drug-likeness (QED) is 0.741. The fourth-order valence-electron chi connectivity index (χ4n) is 1.68. The largest absolute Gasteiger partial charge is 0.494 e. The van der Waals surface area contributed by atoms with Crippen LogP contribution in [-0.2, 0) is 0 Å². The standard InChI is InChI=1S/C14H21NO/c1-5-11(3)15-12(4)13-9-7-8-10-14(13)16-6-2/h5,7-12,15H,1,6H2,2-4H3. The van der Waals surface area contributed by atoms with Gasteiger partial charge >= 0.3 is 0 Å². The number of benzene rings is 1. The lowest BCUT2D eigenvalue weighted by Crippen LogP contribution is -2.27. The lowest BCUT2D eigenvalue weighted by atomic mass is 10.1. The molecule has 16 heavy (non-hydrogen) atoms. The van der Waals surface area contributed by atoms with E-state index in [0.29, 0.717) is 12.6 Å². The molecule has 1 N–H and O–H groups in total. The minimum Gasteiger partial charge on any atom is -0.494 e. The molecule has 0 amide bonds. The molecular weight excluding hydrogens is 198 g/mol. The summed E-state index contributed by atoms with van der Waals surface area (Å²) in [5.41, 5.74) is 1.19. The zero-order valence-corrected chi connectivity index (χ0v) is 10.4. The van der Waals surface area contributed by atoms with Crippen molar-refractivity contribution in [3.8, 4) is 5.75 Å². The Morgan fingerprint density at radius 1 is 1.38 bits per heavy atom. The van der Waals surface area contributed by atoms with Gasteiger partial charge in [-0.1, -0.05) is 24.3 Å². The van der Waals surface area contributed by atoms with E-state index in [1.165, 1.54) is 5.56 Å². The number of rotatable bonds is 6. The number of hydrogen-bond acceptors (Lipinski definition) is 2. The Morgan fingerprint density at radius 3 is 2.69 bits per heavy atom. The van der Waals surface area contributed by atoms with Crippen molar-refractivity contribution < 1.29 is 4.74 Å². The van der Waals surface area contributed by atoms with Gasteiger partial charge in [-0.15, -0.1) is 6.58 Å². The predicted octanol–water partition coefficient (Wildman–Crippen LogP) is 3.31. The van der Waals surface area contributed by atoms with Gasteiger partial charge in [-0.2, -0.15) is 0 Å². The second-order valence-corrected chi connectivity index (χ2v) is 3.88. The molecule has 0 bridgehead atoms. The van der Waals surface area contributed by atoms with Gasteiger partial charge in [0.15, 0.2) is 0 Å². The van der Waals surface area contributed by atoms with Crippen LogP contribution < -0.4 is 10.1 Å². The third-order valence-electron chi connectivity index (χ3n) is 2.55. The Hall–Kier alpha value is -1.28. The van der Waals surface area contributed by atoms with E-state index in [-0.39, 0.29) is 6.04 Å². The van der Waals surface area contributed by atoms with Crippen LogP contribution in [0.4, 0.5) is 0 Å². The summed E-state index contributed by atoms with van der Waals surface area (Å²) in [4.78, 5) is 0. The van der Waals surface area contributed by atoms with Crippen LogP contribution in [0, 0.1) is 0 Å². The van der Waals surface area contributed by atoms with E-state index in [1.807, 2.05) is 31.2 Å². The van der Waals surface area contributed by atoms with Crippen molar-refractivity contribution in [2.75, 3.05) is 6.61 Å². The van der Waals surface area contributed by atoms with Gasteiger partial charge in [0, 0.05) is 17.6 Å². The average Bonchev–Trinajstić information content (AvgIpc) is 2.30. The van der Waals surface area contributed by atoms with Crippen molar-refractivity contribution in [2.45, 2.75) is 32.9 Å². The van der Waals surface area contributed by atoms with Crippen LogP contribution in [0.5, 0.6) is 5.75 Å². The van der Waals surface area contributed by atoms with Crippen molar-refractivity contribution in [3.05, 3.63) is 42.5 Å². The van der Waals surface area contributed by atoms with Crippen LogP contribution in [-0.4, -0.2) is 12.6 Å². The minimum absolute atomic E-state index is 0.260. The van der Waals surface area contributed by atoms with Crippen molar-refractivity contribution in [1.82, 2.24) is 5.32 Å². The Bertz CT molecular complexity index is 335. The number of nitrogens with one attached hydrogen (secondary N) is 1. The van der Waals surface area contributed by atoms with Gasteiger partial charge in [-0.05, 0) is 26.8 Å². The summed E-state index contributed by atoms with van der Waals surface area (Å²) in [5.74, 6) is 0.960. The molecule has 0 fully saturated rings. The molecule has 2 atom stereocenters. The molecule has 1 aromatic rings. The Balaban J connectivity index is 2.80. The van der Waals surface area contributed by atoms with Crippen LogP contribution in [0.1, 0.15) is 32.4 Å². The first-order chi connectivity index (χ1) is 7.69. The Labute approximate surface area is 98.3 Å². The van der Waals surface area contributed by atoms with Gasteiger partial charge in [0.1, 0.15) is 5.75 Å². The smallest absolute Gasteiger partial charge is 0.124 e. The van der Waals surface area contributed by atoms with Gasteiger partial charge in [0.2, 0.25) is 0 Å². The highest BCUT2D eigenvalue weighted by atomic mass is 16.5. The van der Waals surface area contributed by atoms with Gasteiger partial charge in [-0.25, -0.2) is 0 Å². The molecule has 0 aliphatic heterocycles. The molecule has 1 aromatic carbocycles. The molecule has 0 spiro atoms. The summed E-state index contributed by atoms with van der Waals surface area (Å²) >= 11 is 0. The molecule has 0 heterocycles. The van der Waals surface area contributed by atoms with E-state index in [9.17, 15) is 0 Å². The first-order valence-corrected chi connectivity index (χ1v) is 5.79. The van der Waals surface area contributed by atoms with Gasteiger partial charge in [0.05, 0.1) is 6.61 Å².